The van der Waals surface area contributed by atoms with E-state index in [1.807, 2.05) is 12.2 Å². The van der Waals surface area contributed by atoms with Crippen LogP contribution < -0.4 is 21.7 Å². The molecule has 0 spiro atoms. The third-order valence-corrected chi connectivity index (χ3v) is 1.76. The molecule has 1 rings (SSSR count). The van der Waals surface area contributed by atoms with E-state index in [0.717, 1.165) is 11.5 Å². The zero-order valence-corrected chi connectivity index (χ0v) is 8.26. The number of amides is 1. The molecule has 0 atom stereocenters. The molecule has 0 saturated carbocycles. The molecule has 5 nitrogen and oxygen atoms in total. The van der Waals surface area contributed by atoms with Gasteiger partial charge in [0.1, 0.15) is 0 Å². The lowest BCUT2D eigenvalue weighted by Gasteiger charge is -2.16. The van der Waals surface area contributed by atoms with Crippen LogP contribution in [0.5, 0.6) is 0 Å². The van der Waals surface area contributed by atoms with E-state index in [2.05, 4.69) is 16.0 Å². The topological polar surface area (TPSA) is 79.2 Å². The molecule has 0 fully saturated rings. The summed E-state index contributed by atoms with van der Waals surface area (Å²) in [7, 11) is 0. The van der Waals surface area contributed by atoms with E-state index < -0.39 is 0 Å². The van der Waals surface area contributed by atoms with Crippen LogP contribution >= 0.6 is 0 Å². The smallest absolute Gasteiger partial charge is 0.216 e. The molecule has 0 radical (unpaired) electrons. The molecule has 0 saturated heterocycles. The Hall–Kier alpha value is -1.65. The SMILES string of the molecule is CC(=O)NCCNC1=CC=C(N)CN1. The molecule has 78 valence electrons. The number of nitrogens with two attached hydrogens (primary N) is 1. The Balaban J connectivity index is 2.16. The number of allylic oxidation sites excluding steroid dienone is 2. The molecule has 1 heterocycles. The molecule has 0 unspecified atom stereocenters. The molecule has 0 aliphatic carbocycles. The molecule has 5 heteroatoms. The summed E-state index contributed by atoms with van der Waals surface area (Å²) < 4.78 is 0. The van der Waals surface area contributed by atoms with Crippen LogP contribution in [-0.2, 0) is 4.79 Å². The largest absolute Gasteiger partial charge is 0.401 e. The number of carbonyl (C=O) groups excluding carboxylic acids is 1. The van der Waals surface area contributed by atoms with Crippen LogP contribution in [0.25, 0.3) is 0 Å². The van der Waals surface area contributed by atoms with Crippen molar-refractivity contribution in [3.05, 3.63) is 23.7 Å². The Morgan fingerprint density at radius 2 is 2.36 bits per heavy atom. The molecule has 1 aliphatic rings. The molecule has 14 heavy (non-hydrogen) atoms. The standard InChI is InChI=1S/C9H16N4O/c1-7(14)11-4-5-12-9-3-2-8(10)6-13-9/h2-3,12-13H,4-6,10H2,1H3,(H,11,14). The Morgan fingerprint density at radius 1 is 1.57 bits per heavy atom. The summed E-state index contributed by atoms with van der Waals surface area (Å²) in [5.74, 6) is 0.922. The average molecular weight is 196 g/mol. The number of rotatable bonds is 4. The second-order valence-corrected chi connectivity index (χ2v) is 3.09. The number of hydrogen-bond acceptors (Lipinski definition) is 4. The average Bonchev–Trinajstić information content (AvgIpc) is 2.15. The lowest BCUT2D eigenvalue weighted by atomic mass is 10.3. The third-order valence-electron chi connectivity index (χ3n) is 1.76. The first-order valence-electron chi connectivity index (χ1n) is 4.57. The van der Waals surface area contributed by atoms with Crippen LogP contribution in [0.4, 0.5) is 0 Å². The van der Waals surface area contributed by atoms with Crippen LogP contribution in [0.1, 0.15) is 6.92 Å². The van der Waals surface area contributed by atoms with E-state index in [4.69, 9.17) is 5.73 Å². The summed E-state index contributed by atoms with van der Waals surface area (Å²) >= 11 is 0. The Bertz CT molecular complexity index is 270. The van der Waals surface area contributed by atoms with Crippen molar-refractivity contribution in [3.8, 4) is 0 Å². The number of hydrogen-bond donors (Lipinski definition) is 4. The van der Waals surface area contributed by atoms with Gasteiger partial charge in [0.05, 0.1) is 12.4 Å². The summed E-state index contributed by atoms with van der Waals surface area (Å²) in [6, 6.07) is 0. The van der Waals surface area contributed by atoms with E-state index in [0.29, 0.717) is 19.6 Å². The van der Waals surface area contributed by atoms with Crippen molar-refractivity contribution in [2.75, 3.05) is 19.6 Å². The van der Waals surface area contributed by atoms with Crippen LogP contribution in [0.15, 0.2) is 23.7 Å². The van der Waals surface area contributed by atoms with E-state index in [-0.39, 0.29) is 5.91 Å². The van der Waals surface area contributed by atoms with E-state index in [9.17, 15) is 4.79 Å². The van der Waals surface area contributed by atoms with Crippen molar-refractivity contribution >= 4 is 5.91 Å². The van der Waals surface area contributed by atoms with Crippen molar-refractivity contribution in [1.29, 1.82) is 0 Å². The maximum absolute atomic E-state index is 10.5. The van der Waals surface area contributed by atoms with Crippen LogP contribution in [-0.4, -0.2) is 25.5 Å². The second kappa shape index (κ2) is 5.16. The quantitative estimate of drug-likeness (QED) is 0.435. The maximum Gasteiger partial charge on any atom is 0.216 e. The highest BCUT2D eigenvalue weighted by Gasteiger charge is 2.00. The summed E-state index contributed by atoms with van der Waals surface area (Å²) in [5, 5.41) is 8.93. The van der Waals surface area contributed by atoms with Crippen LogP contribution in [0, 0.1) is 0 Å². The third kappa shape index (κ3) is 3.84. The van der Waals surface area contributed by atoms with Gasteiger partial charge in [-0.1, -0.05) is 0 Å². The predicted octanol–water partition coefficient (Wildman–Crippen LogP) is -1.00. The summed E-state index contributed by atoms with van der Waals surface area (Å²) in [6.45, 7) is 3.49. The van der Waals surface area contributed by atoms with Gasteiger partial charge in [0.15, 0.2) is 0 Å². The summed E-state index contributed by atoms with van der Waals surface area (Å²) in [6.07, 6.45) is 3.74. The van der Waals surface area contributed by atoms with Crippen molar-refractivity contribution in [2.24, 2.45) is 5.73 Å². The van der Waals surface area contributed by atoms with Crippen molar-refractivity contribution < 1.29 is 4.79 Å². The molecule has 0 aromatic carbocycles. The second-order valence-electron chi connectivity index (χ2n) is 3.09. The Morgan fingerprint density at radius 3 is 2.93 bits per heavy atom. The Labute approximate surface area is 83.4 Å². The normalized spacial score (nSPS) is 14.9. The molecule has 0 aromatic heterocycles. The molecule has 0 bridgehead atoms. The van der Waals surface area contributed by atoms with Gasteiger partial charge < -0.3 is 21.7 Å². The van der Waals surface area contributed by atoms with E-state index >= 15 is 0 Å². The molecular weight excluding hydrogens is 180 g/mol. The highest BCUT2D eigenvalue weighted by atomic mass is 16.1. The predicted molar refractivity (Wildman–Crippen MR) is 55.0 cm³/mol. The van der Waals surface area contributed by atoms with Gasteiger partial charge >= 0.3 is 0 Å². The van der Waals surface area contributed by atoms with Gasteiger partial charge in [0.2, 0.25) is 5.91 Å². The minimum atomic E-state index is -0.0125. The molecule has 1 amide bonds. The summed E-state index contributed by atoms with van der Waals surface area (Å²) in [4.78, 5) is 10.5. The van der Waals surface area contributed by atoms with Gasteiger partial charge in [-0.2, -0.15) is 0 Å². The van der Waals surface area contributed by atoms with Crippen LogP contribution in [0.2, 0.25) is 0 Å². The number of nitrogens with one attached hydrogen (secondary N) is 3. The zero-order valence-electron chi connectivity index (χ0n) is 8.26. The monoisotopic (exact) mass is 196 g/mol. The first-order valence-corrected chi connectivity index (χ1v) is 4.57. The highest BCUT2D eigenvalue weighted by molar-refractivity contribution is 5.72. The van der Waals surface area contributed by atoms with Gasteiger partial charge in [-0.05, 0) is 12.2 Å². The lowest BCUT2D eigenvalue weighted by molar-refractivity contribution is -0.118. The van der Waals surface area contributed by atoms with E-state index in [1.54, 1.807) is 0 Å². The Kier molecular flexibility index (Phi) is 3.84. The minimum absolute atomic E-state index is 0.0125. The minimum Gasteiger partial charge on any atom is -0.401 e. The molecular formula is C9H16N4O. The van der Waals surface area contributed by atoms with Gasteiger partial charge in [-0.3, -0.25) is 4.79 Å². The van der Waals surface area contributed by atoms with Gasteiger partial charge in [0.25, 0.3) is 0 Å². The van der Waals surface area contributed by atoms with Crippen LogP contribution in [0.3, 0.4) is 0 Å². The van der Waals surface area contributed by atoms with Crippen molar-refractivity contribution in [1.82, 2.24) is 16.0 Å². The molecule has 1 aliphatic heterocycles. The lowest BCUT2D eigenvalue weighted by Crippen LogP contribution is -2.36. The van der Waals surface area contributed by atoms with Crippen molar-refractivity contribution in [3.63, 3.8) is 0 Å². The van der Waals surface area contributed by atoms with Gasteiger partial charge in [0, 0.05) is 25.7 Å². The zero-order chi connectivity index (χ0) is 10.4. The van der Waals surface area contributed by atoms with Gasteiger partial charge in [-0.25, -0.2) is 0 Å². The maximum atomic E-state index is 10.5. The fraction of sp³-hybridized carbons (Fsp3) is 0.444. The molecule has 0 aromatic rings. The summed E-state index contributed by atoms with van der Waals surface area (Å²) in [5.41, 5.74) is 6.38. The first-order chi connectivity index (χ1) is 6.68. The molecule has 5 N–H and O–H groups in total. The highest BCUT2D eigenvalue weighted by Crippen LogP contribution is 1.95. The fourth-order valence-electron chi connectivity index (χ4n) is 1.06. The number of dihydropyridines is 1. The number of carbonyl (C=O) groups is 1. The first kappa shape index (κ1) is 10.4. The van der Waals surface area contributed by atoms with Gasteiger partial charge in [-0.15, -0.1) is 0 Å². The van der Waals surface area contributed by atoms with E-state index in [1.165, 1.54) is 6.92 Å². The van der Waals surface area contributed by atoms with Crippen molar-refractivity contribution in [2.45, 2.75) is 6.92 Å². The fourth-order valence-corrected chi connectivity index (χ4v) is 1.06.